The molecule has 2 aromatic rings. The molecule has 2 heterocycles. The van der Waals surface area contributed by atoms with Gasteiger partial charge in [-0.2, -0.15) is 0 Å². The smallest absolute Gasteiger partial charge is 0.250 e. The van der Waals surface area contributed by atoms with Crippen molar-refractivity contribution in [3.8, 4) is 0 Å². The van der Waals surface area contributed by atoms with Crippen molar-refractivity contribution in [1.29, 1.82) is 0 Å². The molecule has 0 aliphatic carbocycles. The Morgan fingerprint density at radius 2 is 2.00 bits per heavy atom. The van der Waals surface area contributed by atoms with E-state index in [1.165, 1.54) is 16.2 Å². The van der Waals surface area contributed by atoms with Gasteiger partial charge in [0.25, 0.3) is 10.0 Å². The highest BCUT2D eigenvalue weighted by Gasteiger charge is 2.20. The number of hydrogen-bond donors (Lipinski definition) is 2. The summed E-state index contributed by atoms with van der Waals surface area (Å²) in [4.78, 5) is 3.04. The second-order valence-corrected chi connectivity index (χ2v) is 8.64. The molecule has 0 bridgehead atoms. The lowest BCUT2D eigenvalue weighted by atomic mass is 10.3. The molecule has 3 N–H and O–H groups in total. The molecule has 4 nitrogen and oxygen atoms in total. The number of aryl methyl sites for hydroxylation is 1. The van der Waals surface area contributed by atoms with Gasteiger partial charge in [-0.15, -0.1) is 22.7 Å². The summed E-state index contributed by atoms with van der Waals surface area (Å²) in [5, 5.41) is 0. The Hall–Kier alpha value is -0.730. The molecule has 0 saturated carbocycles. The van der Waals surface area contributed by atoms with Crippen molar-refractivity contribution in [2.75, 3.05) is 0 Å². The van der Waals surface area contributed by atoms with E-state index in [-0.39, 0.29) is 6.04 Å². The summed E-state index contributed by atoms with van der Waals surface area (Å²) in [6.45, 7) is 4.21. The lowest BCUT2D eigenvalue weighted by Gasteiger charge is -2.11. The molecule has 0 aromatic carbocycles. The molecule has 0 aliphatic rings. The first-order valence-electron chi connectivity index (χ1n) is 5.80. The molecule has 0 saturated heterocycles. The quantitative estimate of drug-likeness (QED) is 0.890. The van der Waals surface area contributed by atoms with Crippen LogP contribution < -0.4 is 10.5 Å². The monoisotopic (exact) mass is 316 g/mol. The number of nitrogens with one attached hydrogen (secondary N) is 1. The first kappa shape index (κ1) is 14.7. The van der Waals surface area contributed by atoms with Gasteiger partial charge >= 0.3 is 0 Å². The zero-order valence-corrected chi connectivity index (χ0v) is 13.2. The minimum Gasteiger partial charge on any atom is -0.326 e. The van der Waals surface area contributed by atoms with Crippen molar-refractivity contribution in [2.24, 2.45) is 5.73 Å². The van der Waals surface area contributed by atoms with Crippen LogP contribution in [0.3, 0.4) is 0 Å². The van der Waals surface area contributed by atoms with Crippen molar-refractivity contribution in [2.45, 2.75) is 30.6 Å². The SMILES string of the molecule is Cc1ccc(C(C)NS(=O)(=O)c2ccc(CN)s2)s1. The molecule has 0 spiro atoms. The standard InChI is InChI=1S/C12H16N2O2S3/c1-8-3-5-11(17-8)9(2)14-19(15,16)12-6-4-10(7-13)18-12/h3-6,9,14H,7,13H2,1-2H3. The molecule has 2 aromatic heterocycles. The van der Waals surface area contributed by atoms with Gasteiger partial charge in [0.2, 0.25) is 0 Å². The maximum atomic E-state index is 12.2. The van der Waals surface area contributed by atoms with Gasteiger partial charge in [-0.1, -0.05) is 0 Å². The van der Waals surface area contributed by atoms with Crippen molar-refractivity contribution in [3.63, 3.8) is 0 Å². The average molecular weight is 316 g/mol. The lowest BCUT2D eigenvalue weighted by molar-refractivity contribution is 0.570. The van der Waals surface area contributed by atoms with Crippen LogP contribution in [-0.2, 0) is 16.6 Å². The molecule has 0 aliphatic heterocycles. The summed E-state index contributed by atoms with van der Waals surface area (Å²) in [6, 6.07) is 7.06. The van der Waals surface area contributed by atoms with Crippen LogP contribution in [0.5, 0.6) is 0 Å². The average Bonchev–Trinajstić information content (AvgIpc) is 2.96. The van der Waals surface area contributed by atoms with E-state index in [1.54, 1.807) is 23.5 Å². The van der Waals surface area contributed by atoms with Gasteiger partial charge in [-0.25, -0.2) is 13.1 Å². The Morgan fingerprint density at radius 1 is 1.26 bits per heavy atom. The fourth-order valence-electron chi connectivity index (χ4n) is 1.65. The highest BCUT2D eigenvalue weighted by molar-refractivity contribution is 7.91. The number of thiophene rings is 2. The number of nitrogens with two attached hydrogens (primary N) is 1. The van der Waals surface area contributed by atoms with Crippen LogP contribution in [0, 0.1) is 6.92 Å². The largest absolute Gasteiger partial charge is 0.326 e. The van der Waals surface area contributed by atoms with Crippen molar-refractivity contribution >= 4 is 32.7 Å². The molecular formula is C12H16N2O2S3. The summed E-state index contributed by atoms with van der Waals surface area (Å²) in [5.74, 6) is 0. The molecule has 1 atom stereocenters. The maximum Gasteiger partial charge on any atom is 0.250 e. The second-order valence-electron chi connectivity index (χ2n) is 4.22. The third-order valence-corrected chi connectivity index (χ3v) is 6.95. The topological polar surface area (TPSA) is 72.2 Å². The second kappa shape index (κ2) is 5.72. The van der Waals surface area contributed by atoms with Gasteiger partial charge in [-0.05, 0) is 38.1 Å². The van der Waals surface area contributed by atoms with Crippen LogP contribution >= 0.6 is 22.7 Å². The highest BCUT2D eigenvalue weighted by atomic mass is 32.2. The van der Waals surface area contributed by atoms with Gasteiger partial charge in [0.15, 0.2) is 0 Å². The number of rotatable bonds is 5. The predicted octanol–water partition coefficient (Wildman–Crippen LogP) is 2.62. The zero-order chi connectivity index (χ0) is 14.0. The van der Waals surface area contributed by atoms with Crippen LogP contribution in [0.2, 0.25) is 0 Å². The van der Waals surface area contributed by atoms with Gasteiger partial charge in [0.05, 0.1) is 6.04 Å². The summed E-state index contributed by atoms with van der Waals surface area (Å²) in [7, 11) is -3.47. The van der Waals surface area contributed by atoms with Crippen molar-refractivity contribution in [1.82, 2.24) is 4.72 Å². The fourth-order valence-corrected chi connectivity index (χ4v) is 5.08. The van der Waals surface area contributed by atoms with Crippen LogP contribution in [0.1, 0.15) is 27.6 Å². The van der Waals surface area contributed by atoms with Crippen LogP contribution in [0.4, 0.5) is 0 Å². The first-order valence-corrected chi connectivity index (χ1v) is 8.91. The van der Waals surface area contributed by atoms with Crippen LogP contribution in [-0.4, -0.2) is 8.42 Å². The third kappa shape index (κ3) is 3.43. The number of sulfonamides is 1. The molecule has 1 unspecified atom stereocenters. The Labute approximate surface area is 121 Å². The van der Waals surface area contributed by atoms with Crippen LogP contribution in [0.15, 0.2) is 28.5 Å². The summed E-state index contributed by atoms with van der Waals surface area (Å²) >= 11 is 2.81. The summed E-state index contributed by atoms with van der Waals surface area (Å²) in [6.07, 6.45) is 0. The molecule has 0 amide bonds. The minimum absolute atomic E-state index is 0.230. The molecule has 0 radical (unpaired) electrons. The Kier molecular flexibility index (Phi) is 4.42. The van der Waals surface area contributed by atoms with E-state index in [0.717, 1.165) is 9.75 Å². The molecule has 2 rings (SSSR count). The Morgan fingerprint density at radius 3 is 2.53 bits per heavy atom. The van der Waals surface area contributed by atoms with E-state index < -0.39 is 10.0 Å². The van der Waals surface area contributed by atoms with Gasteiger partial charge in [0.1, 0.15) is 4.21 Å². The third-order valence-electron chi connectivity index (χ3n) is 2.62. The summed E-state index contributed by atoms with van der Waals surface area (Å²) in [5.41, 5.74) is 5.50. The Balaban J connectivity index is 2.17. The van der Waals surface area contributed by atoms with E-state index in [9.17, 15) is 8.42 Å². The minimum atomic E-state index is -3.47. The predicted molar refractivity (Wildman–Crippen MR) is 80.0 cm³/mol. The van der Waals surface area contributed by atoms with E-state index >= 15 is 0 Å². The molecule has 104 valence electrons. The maximum absolute atomic E-state index is 12.2. The van der Waals surface area contributed by atoms with Gasteiger partial charge in [-0.3, -0.25) is 0 Å². The summed E-state index contributed by atoms with van der Waals surface area (Å²) < 4.78 is 27.4. The van der Waals surface area contributed by atoms with E-state index in [0.29, 0.717) is 10.8 Å². The lowest BCUT2D eigenvalue weighted by Crippen LogP contribution is -2.25. The van der Waals surface area contributed by atoms with Gasteiger partial charge in [0, 0.05) is 21.2 Å². The van der Waals surface area contributed by atoms with Gasteiger partial charge < -0.3 is 5.73 Å². The molecule has 19 heavy (non-hydrogen) atoms. The normalized spacial score (nSPS) is 13.6. The van der Waals surface area contributed by atoms with E-state index in [1.807, 2.05) is 26.0 Å². The first-order chi connectivity index (χ1) is 8.92. The molecular weight excluding hydrogens is 300 g/mol. The highest BCUT2D eigenvalue weighted by Crippen LogP contribution is 2.26. The Bertz CT molecular complexity index is 658. The van der Waals surface area contributed by atoms with E-state index in [4.69, 9.17) is 5.73 Å². The molecule has 0 fully saturated rings. The number of hydrogen-bond acceptors (Lipinski definition) is 5. The zero-order valence-electron chi connectivity index (χ0n) is 10.7. The van der Waals surface area contributed by atoms with E-state index in [2.05, 4.69) is 4.72 Å². The fraction of sp³-hybridized carbons (Fsp3) is 0.333. The van der Waals surface area contributed by atoms with Crippen molar-refractivity contribution < 1.29 is 8.42 Å². The molecule has 7 heteroatoms. The van der Waals surface area contributed by atoms with Crippen molar-refractivity contribution in [3.05, 3.63) is 38.9 Å². The van der Waals surface area contributed by atoms with Crippen LogP contribution in [0.25, 0.3) is 0 Å².